The molecule has 4 aromatic rings. The summed E-state index contributed by atoms with van der Waals surface area (Å²) in [6.45, 7) is 1.63. The standard InChI is InChI=1S/C23H20FN3O2/c1-15(28)20(16-7-3-2-4-8-16)26-23(29)22-25-21(17-10-12-18(24)13-11-17)19-9-5-6-14-27(19)22/h2-15,20,28H,1H3,(H,26,29). The Hall–Kier alpha value is -3.51. The van der Waals surface area contributed by atoms with Crippen molar-refractivity contribution in [2.24, 2.45) is 0 Å². The van der Waals surface area contributed by atoms with Crippen molar-refractivity contribution in [1.29, 1.82) is 0 Å². The zero-order valence-corrected chi connectivity index (χ0v) is 15.8. The van der Waals surface area contributed by atoms with Crippen molar-refractivity contribution in [3.8, 4) is 11.3 Å². The number of carbonyl (C=O) groups is 1. The molecule has 0 aliphatic rings. The maximum Gasteiger partial charge on any atom is 0.288 e. The van der Waals surface area contributed by atoms with Gasteiger partial charge in [0.25, 0.3) is 5.91 Å². The van der Waals surface area contributed by atoms with Gasteiger partial charge in [-0.3, -0.25) is 9.20 Å². The maximum atomic E-state index is 13.3. The number of hydrogen-bond acceptors (Lipinski definition) is 3. The van der Waals surface area contributed by atoms with E-state index in [0.717, 1.165) is 11.1 Å². The molecule has 0 aliphatic carbocycles. The lowest BCUT2D eigenvalue weighted by Gasteiger charge is -2.21. The van der Waals surface area contributed by atoms with E-state index in [2.05, 4.69) is 10.3 Å². The van der Waals surface area contributed by atoms with E-state index in [0.29, 0.717) is 11.3 Å². The van der Waals surface area contributed by atoms with Gasteiger partial charge in [0.2, 0.25) is 5.82 Å². The third-order valence-corrected chi connectivity index (χ3v) is 4.80. The number of rotatable bonds is 5. The zero-order valence-electron chi connectivity index (χ0n) is 15.8. The molecule has 4 rings (SSSR count). The van der Waals surface area contributed by atoms with Gasteiger partial charge in [-0.1, -0.05) is 36.4 Å². The van der Waals surface area contributed by atoms with Gasteiger partial charge in [-0.2, -0.15) is 0 Å². The molecule has 146 valence electrons. The Kier molecular flexibility index (Phi) is 5.10. The largest absolute Gasteiger partial charge is 0.391 e. The van der Waals surface area contributed by atoms with Crippen LogP contribution in [0.4, 0.5) is 4.39 Å². The summed E-state index contributed by atoms with van der Waals surface area (Å²) in [6, 6.07) is 20.2. The summed E-state index contributed by atoms with van der Waals surface area (Å²) in [5.74, 6) is -0.548. The fourth-order valence-corrected chi connectivity index (χ4v) is 3.37. The topological polar surface area (TPSA) is 66.6 Å². The van der Waals surface area contributed by atoms with Crippen LogP contribution in [0, 0.1) is 5.82 Å². The Labute approximate surface area is 167 Å². The zero-order chi connectivity index (χ0) is 20.4. The molecule has 1 amide bonds. The van der Waals surface area contributed by atoms with Crippen LogP contribution < -0.4 is 5.32 Å². The number of nitrogens with one attached hydrogen (secondary N) is 1. The summed E-state index contributed by atoms with van der Waals surface area (Å²) >= 11 is 0. The van der Waals surface area contributed by atoms with Crippen molar-refractivity contribution in [3.05, 3.63) is 96.2 Å². The number of aliphatic hydroxyl groups excluding tert-OH is 1. The van der Waals surface area contributed by atoms with Gasteiger partial charge in [0, 0.05) is 11.8 Å². The van der Waals surface area contributed by atoms with Crippen molar-refractivity contribution >= 4 is 11.4 Å². The Morgan fingerprint density at radius 3 is 2.41 bits per heavy atom. The molecule has 0 radical (unpaired) electrons. The van der Waals surface area contributed by atoms with Gasteiger partial charge in [-0.25, -0.2) is 9.37 Å². The fourth-order valence-electron chi connectivity index (χ4n) is 3.37. The van der Waals surface area contributed by atoms with Crippen LogP contribution in [0.25, 0.3) is 16.8 Å². The number of nitrogens with zero attached hydrogens (tertiary/aromatic N) is 2. The van der Waals surface area contributed by atoms with Crippen molar-refractivity contribution in [2.45, 2.75) is 19.1 Å². The molecule has 0 aliphatic heterocycles. The molecule has 2 aromatic heterocycles. The molecule has 0 saturated carbocycles. The minimum absolute atomic E-state index is 0.196. The normalized spacial score (nSPS) is 13.2. The van der Waals surface area contributed by atoms with Gasteiger partial charge in [-0.05, 0) is 48.9 Å². The highest BCUT2D eigenvalue weighted by Gasteiger charge is 2.24. The number of benzene rings is 2. The van der Waals surface area contributed by atoms with E-state index in [-0.39, 0.29) is 11.6 Å². The third kappa shape index (κ3) is 3.75. The van der Waals surface area contributed by atoms with E-state index in [4.69, 9.17) is 0 Å². The highest BCUT2D eigenvalue weighted by Crippen LogP contribution is 2.26. The maximum absolute atomic E-state index is 13.3. The first-order valence-corrected chi connectivity index (χ1v) is 9.31. The Bertz CT molecular complexity index is 1140. The molecule has 2 N–H and O–H groups in total. The molecule has 5 nitrogen and oxygen atoms in total. The van der Waals surface area contributed by atoms with Gasteiger partial charge in [0.15, 0.2) is 0 Å². The molecule has 2 atom stereocenters. The summed E-state index contributed by atoms with van der Waals surface area (Å²) in [6.07, 6.45) is 0.966. The number of imidazole rings is 1. The molecule has 6 heteroatoms. The summed E-state index contributed by atoms with van der Waals surface area (Å²) in [4.78, 5) is 17.6. The molecule has 0 fully saturated rings. The fraction of sp³-hybridized carbons (Fsp3) is 0.130. The Morgan fingerprint density at radius 2 is 1.72 bits per heavy atom. The first kappa shape index (κ1) is 18.8. The molecule has 2 heterocycles. The smallest absolute Gasteiger partial charge is 0.288 e. The van der Waals surface area contributed by atoms with Crippen LogP contribution in [0.2, 0.25) is 0 Å². The van der Waals surface area contributed by atoms with E-state index in [9.17, 15) is 14.3 Å². The summed E-state index contributed by atoms with van der Waals surface area (Å²) in [5, 5.41) is 13.1. The minimum Gasteiger partial charge on any atom is -0.391 e. The van der Waals surface area contributed by atoms with Crippen LogP contribution in [0.1, 0.15) is 29.1 Å². The second-order valence-electron chi connectivity index (χ2n) is 6.85. The van der Waals surface area contributed by atoms with Crippen molar-refractivity contribution in [3.63, 3.8) is 0 Å². The van der Waals surface area contributed by atoms with Crippen LogP contribution in [-0.4, -0.2) is 26.5 Å². The molecule has 2 aromatic carbocycles. The lowest BCUT2D eigenvalue weighted by atomic mass is 10.0. The first-order chi connectivity index (χ1) is 14.0. The van der Waals surface area contributed by atoms with Gasteiger partial charge >= 0.3 is 0 Å². The van der Waals surface area contributed by atoms with Crippen LogP contribution in [0.5, 0.6) is 0 Å². The van der Waals surface area contributed by atoms with E-state index in [1.807, 2.05) is 48.5 Å². The Balaban J connectivity index is 1.74. The average molecular weight is 389 g/mol. The molecule has 0 bridgehead atoms. The number of aromatic nitrogens is 2. The van der Waals surface area contributed by atoms with Crippen molar-refractivity contribution in [2.75, 3.05) is 0 Å². The van der Waals surface area contributed by atoms with Crippen molar-refractivity contribution in [1.82, 2.24) is 14.7 Å². The van der Waals surface area contributed by atoms with E-state index in [1.54, 1.807) is 29.7 Å². The number of pyridine rings is 1. The number of amides is 1. The number of aliphatic hydroxyl groups is 1. The summed E-state index contributed by atoms with van der Waals surface area (Å²) in [7, 11) is 0. The second kappa shape index (κ2) is 7.85. The monoisotopic (exact) mass is 389 g/mol. The van der Waals surface area contributed by atoms with Gasteiger partial charge in [0.1, 0.15) is 5.82 Å². The van der Waals surface area contributed by atoms with Gasteiger partial charge in [0.05, 0.1) is 23.4 Å². The van der Waals surface area contributed by atoms with Crippen LogP contribution in [0.3, 0.4) is 0 Å². The quantitative estimate of drug-likeness (QED) is 0.542. The average Bonchev–Trinajstić information content (AvgIpc) is 3.13. The molecule has 0 spiro atoms. The van der Waals surface area contributed by atoms with Gasteiger partial charge < -0.3 is 10.4 Å². The van der Waals surface area contributed by atoms with Crippen LogP contribution in [0.15, 0.2) is 79.0 Å². The number of fused-ring (bicyclic) bond motifs is 1. The first-order valence-electron chi connectivity index (χ1n) is 9.31. The number of carbonyl (C=O) groups excluding carboxylic acids is 1. The highest BCUT2D eigenvalue weighted by atomic mass is 19.1. The SMILES string of the molecule is CC(O)C(NC(=O)c1nc(-c2ccc(F)cc2)c2ccccn12)c1ccccc1. The molecular formula is C23H20FN3O2. The molecule has 29 heavy (non-hydrogen) atoms. The summed E-state index contributed by atoms with van der Waals surface area (Å²) < 4.78 is 15.0. The lowest BCUT2D eigenvalue weighted by Crippen LogP contribution is -2.36. The molecule has 2 unspecified atom stereocenters. The Morgan fingerprint density at radius 1 is 1.03 bits per heavy atom. The van der Waals surface area contributed by atoms with Crippen molar-refractivity contribution < 1.29 is 14.3 Å². The second-order valence-corrected chi connectivity index (χ2v) is 6.85. The minimum atomic E-state index is -0.788. The highest BCUT2D eigenvalue weighted by molar-refractivity contribution is 5.94. The van der Waals surface area contributed by atoms with Crippen LogP contribution >= 0.6 is 0 Å². The van der Waals surface area contributed by atoms with E-state index >= 15 is 0 Å². The predicted octanol–water partition coefficient (Wildman–Crippen LogP) is 3.99. The van der Waals surface area contributed by atoms with E-state index in [1.165, 1.54) is 12.1 Å². The van der Waals surface area contributed by atoms with E-state index < -0.39 is 18.1 Å². The predicted molar refractivity (Wildman–Crippen MR) is 109 cm³/mol. The van der Waals surface area contributed by atoms with Gasteiger partial charge in [-0.15, -0.1) is 0 Å². The van der Waals surface area contributed by atoms with Crippen LogP contribution in [-0.2, 0) is 0 Å². The summed E-state index contributed by atoms with van der Waals surface area (Å²) in [5.41, 5.74) is 2.83. The third-order valence-electron chi connectivity index (χ3n) is 4.80. The molecule has 0 saturated heterocycles. The lowest BCUT2D eigenvalue weighted by molar-refractivity contribution is 0.0847. The number of hydrogen-bond donors (Lipinski definition) is 2. The molecular weight excluding hydrogens is 369 g/mol. The number of halogens is 1.